The van der Waals surface area contributed by atoms with Gasteiger partial charge >= 0.3 is 0 Å². The molecule has 1 aromatic rings. The Morgan fingerprint density at radius 1 is 1.47 bits per heavy atom. The first-order chi connectivity index (χ1) is 7.17. The van der Waals surface area contributed by atoms with E-state index in [1.54, 1.807) is 7.11 Å². The molecule has 0 aliphatic rings. The van der Waals surface area contributed by atoms with Crippen LogP contribution >= 0.6 is 27.5 Å². The molecule has 0 aromatic heterocycles. The lowest BCUT2D eigenvalue weighted by molar-refractivity contribution is 0.0714. The van der Waals surface area contributed by atoms with Crippen LogP contribution in [0, 0.1) is 0 Å². The molecule has 0 saturated heterocycles. The molecular formula is C11H14BrClO2. The van der Waals surface area contributed by atoms with E-state index in [1.165, 1.54) is 0 Å². The number of halogens is 2. The zero-order valence-electron chi connectivity index (χ0n) is 8.80. The molecule has 0 amide bonds. The summed E-state index contributed by atoms with van der Waals surface area (Å²) in [5.41, 5.74) is 0.981. The van der Waals surface area contributed by atoms with Crippen LogP contribution in [0.1, 0.15) is 12.5 Å². The van der Waals surface area contributed by atoms with Gasteiger partial charge in [-0.1, -0.05) is 15.9 Å². The van der Waals surface area contributed by atoms with Gasteiger partial charge in [-0.2, -0.15) is 0 Å². The van der Waals surface area contributed by atoms with Gasteiger partial charge in [0.2, 0.25) is 0 Å². The number of benzene rings is 1. The number of ether oxygens (including phenoxy) is 2. The molecule has 0 aliphatic carbocycles. The van der Waals surface area contributed by atoms with Gasteiger partial charge in [0.1, 0.15) is 12.4 Å². The lowest BCUT2D eigenvalue weighted by atomic mass is 10.2. The average molecular weight is 294 g/mol. The Morgan fingerprint density at radius 3 is 2.80 bits per heavy atom. The number of methoxy groups -OCH3 is 1. The van der Waals surface area contributed by atoms with Crippen LogP contribution in [0.25, 0.3) is 0 Å². The summed E-state index contributed by atoms with van der Waals surface area (Å²) in [5, 5.41) is 0. The Morgan fingerprint density at radius 2 is 2.20 bits per heavy atom. The monoisotopic (exact) mass is 292 g/mol. The summed E-state index contributed by atoms with van der Waals surface area (Å²) in [4.78, 5) is 0. The van der Waals surface area contributed by atoms with Gasteiger partial charge in [-0.25, -0.2) is 0 Å². The van der Waals surface area contributed by atoms with E-state index in [-0.39, 0.29) is 6.10 Å². The minimum atomic E-state index is 0.0804. The Kier molecular flexibility index (Phi) is 5.43. The molecule has 0 spiro atoms. The second-order valence-corrected chi connectivity index (χ2v) is 4.43. The average Bonchev–Trinajstić information content (AvgIpc) is 2.26. The predicted molar refractivity (Wildman–Crippen MR) is 65.7 cm³/mol. The molecule has 84 valence electrons. The fourth-order valence-corrected chi connectivity index (χ4v) is 1.69. The van der Waals surface area contributed by atoms with Gasteiger partial charge in [0.05, 0.1) is 12.0 Å². The maximum absolute atomic E-state index is 5.82. The summed E-state index contributed by atoms with van der Waals surface area (Å²) in [6.07, 6.45) is 0.0804. The normalized spacial score (nSPS) is 12.5. The molecule has 15 heavy (non-hydrogen) atoms. The second-order valence-electron chi connectivity index (χ2n) is 3.24. The standard InChI is InChI=1S/C11H14BrClO2/c1-8(14-2)7-15-11-4-3-10(12)5-9(11)6-13/h3-5,8H,6-7H2,1-2H3. The molecule has 0 fully saturated rings. The zero-order valence-corrected chi connectivity index (χ0v) is 11.1. The molecule has 0 aliphatic heterocycles. The highest BCUT2D eigenvalue weighted by atomic mass is 79.9. The SMILES string of the molecule is COC(C)COc1ccc(Br)cc1CCl. The Balaban J connectivity index is 2.67. The molecular weight excluding hydrogens is 279 g/mol. The van der Waals surface area contributed by atoms with Crippen LogP contribution in [-0.4, -0.2) is 19.8 Å². The van der Waals surface area contributed by atoms with E-state index < -0.39 is 0 Å². The zero-order chi connectivity index (χ0) is 11.3. The van der Waals surface area contributed by atoms with Crippen LogP contribution in [-0.2, 0) is 10.6 Å². The van der Waals surface area contributed by atoms with Crippen molar-refractivity contribution in [3.8, 4) is 5.75 Å². The molecule has 1 rings (SSSR count). The topological polar surface area (TPSA) is 18.5 Å². The van der Waals surface area contributed by atoms with E-state index in [2.05, 4.69) is 15.9 Å². The van der Waals surface area contributed by atoms with Crippen LogP contribution in [0.2, 0.25) is 0 Å². The first-order valence-electron chi connectivity index (χ1n) is 4.67. The minimum Gasteiger partial charge on any atom is -0.491 e. The van der Waals surface area contributed by atoms with E-state index in [0.29, 0.717) is 12.5 Å². The number of rotatable bonds is 5. The van der Waals surface area contributed by atoms with Crippen molar-refractivity contribution in [3.63, 3.8) is 0 Å². The summed E-state index contributed by atoms with van der Waals surface area (Å²) < 4.78 is 11.7. The Hall–Kier alpha value is -0.250. The first-order valence-corrected chi connectivity index (χ1v) is 6.00. The third-order valence-corrected chi connectivity index (χ3v) is 2.82. The molecule has 0 N–H and O–H groups in total. The molecule has 1 aromatic carbocycles. The van der Waals surface area contributed by atoms with Crippen molar-refractivity contribution in [1.82, 2.24) is 0 Å². The largest absolute Gasteiger partial charge is 0.491 e. The third kappa shape index (κ3) is 4.01. The molecule has 1 atom stereocenters. The van der Waals surface area contributed by atoms with Gasteiger partial charge in [0, 0.05) is 17.1 Å². The third-order valence-electron chi connectivity index (χ3n) is 2.04. The predicted octanol–water partition coefficient (Wildman–Crippen LogP) is 3.60. The summed E-state index contributed by atoms with van der Waals surface area (Å²) >= 11 is 9.21. The number of alkyl halides is 1. The summed E-state index contributed by atoms with van der Waals surface area (Å²) in [6, 6.07) is 5.80. The first kappa shape index (κ1) is 12.8. The minimum absolute atomic E-state index is 0.0804. The quantitative estimate of drug-likeness (QED) is 0.772. The van der Waals surface area contributed by atoms with Gasteiger partial charge in [0.25, 0.3) is 0 Å². The van der Waals surface area contributed by atoms with Gasteiger partial charge in [-0.3, -0.25) is 0 Å². The molecule has 4 heteroatoms. The summed E-state index contributed by atoms with van der Waals surface area (Å²) in [7, 11) is 1.66. The van der Waals surface area contributed by atoms with Gasteiger partial charge in [-0.05, 0) is 25.1 Å². The number of hydrogen-bond acceptors (Lipinski definition) is 2. The fourth-order valence-electron chi connectivity index (χ4n) is 1.07. The van der Waals surface area contributed by atoms with Crippen molar-refractivity contribution in [2.75, 3.05) is 13.7 Å². The van der Waals surface area contributed by atoms with Crippen molar-refractivity contribution < 1.29 is 9.47 Å². The van der Waals surface area contributed by atoms with Crippen molar-refractivity contribution >= 4 is 27.5 Å². The van der Waals surface area contributed by atoms with Crippen LogP contribution < -0.4 is 4.74 Å². The molecule has 0 radical (unpaired) electrons. The van der Waals surface area contributed by atoms with Gasteiger partial charge in [0.15, 0.2) is 0 Å². The van der Waals surface area contributed by atoms with Crippen LogP contribution in [0.5, 0.6) is 5.75 Å². The second kappa shape index (κ2) is 6.36. The highest BCUT2D eigenvalue weighted by molar-refractivity contribution is 9.10. The Bertz CT molecular complexity index is 317. The maximum Gasteiger partial charge on any atom is 0.123 e. The molecule has 0 saturated carbocycles. The van der Waals surface area contributed by atoms with Crippen LogP contribution in [0.4, 0.5) is 0 Å². The van der Waals surface area contributed by atoms with Crippen molar-refractivity contribution in [3.05, 3.63) is 28.2 Å². The molecule has 0 heterocycles. The van der Waals surface area contributed by atoms with E-state index in [0.717, 1.165) is 15.8 Å². The van der Waals surface area contributed by atoms with Crippen LogP contribution in [0.15, 0.2) is 22.7 Å². The smallest absolute Gasteiger partial charge is 0.123 e. The summed E-state index contributed by atoms with van der Waals surface area (Å²) in [6.45, 7) is 2.49. The lowest BCUT2D eigenvalue weighted by Crippen LogP contribution is -2.16. The highest BCUT2D eigenvalue weighted by Gasteiger charge is 2.06. The Labute approximate surface area is 104 Å². The van der Waals surface area contributed by atoms with Crippen LogP contribution in [0.3, 0.4) is 0 Å². The highest BCUT2D eigenvalue weighted by Crippen LogP contribution is 2.24. The van der Waals surface area contributed by atoms with E-state index in [4.69, 9.17) is 21.1 Å². The molecule has 2 nitrogen and oxygen atoms in total. The lowest BCUT2D eigenvalue weighted by Gasteiger charge is -2.13. The number of hydrogen-bond donors (Lipinski definition) is 0. The van der Waals surface area contributed by atoms with Crippen molar-refractivity contribution in [1.29, 1.82) is 0 Å². The fraction of sp³-hybridized carbons (Fsp3) is 0.455. The van der Waals surface area contributed by atoms with Gasteiger partial charge in [-0.15, -0.1) is 11.6 Å². The van der Waals surface area contributed by atoms with Crippen molar-refractivity contribution in [2.24, 2.45) is 0 Å². The molecule has 0 bridgehead atoms. The van der Waals surface area contributed by atoms with E-state index in [1.807, 2.05) is 25.1 Å². The van der Waals surface area contributed by atoms with E-state index in [9.17, 15) is 0 Å². The van der Waals surface area contributed by atoms with Crippen molar-refractivity contribution in [2.45, 2.75) is 18.9 Å². The molecule has 1 unspecified atom stereocenters. The summed E-state index contributed by atoms with van der Waals surface area (Å²) in [5.74, 6) is 1.26. The van der Waals surface area contributed by atoms with E-state index >= 15 is 0 Å². The maximum atomic E-state index is 5.82. The van der Waals surface area contributed by atoms with Gasteiger partial charge < -0.3 is 9.47 Å².